The van der Waals surface area contributed by atoms with E-state index in [2.05, 4.69) is 20.0 Å². The maximum Gasteiger partial charge on any atom is 0.264 e. The first-order valence-corrected chi connectivity index (χ1v) is 9.94. The summed E-state index contributed by atoms with van der Waals surface area (Å²) < 4.78 is 32.5. The number of hydrogen-bond donors (Lipinski definition) is 3. The third kappa shape index (κ3) is 4.68. The molecular weight excluding hydrogens is 402 g/mol. The Bertz CT molecular complexity index is 924. The first kappa shape index (κ1) is 20.1. The number of thioether (sulfide) groups is 1. The van der Waals surface area contributed by atoms with Crippen LogP contribution in [0.15, 0.2) is 34.3 Å². The third-order valence-corrected chi connectivity index (χ3v) is 5.87. The van der Waals surface area contributed by atoms with E-state index in [0.29, 0.717) is 5.03 Å². The van der Waals surface area contributed by atoms with Gasteiger partial charge in [0.25, 0.3) is 15.9 Å². The van der Waals surface area contributed by atoms with Gasteiger partial charge in [0.1, 0.15) is 9.92 Å². The van der Waals surface area contributed by atoms with Gasteiger partial charge in [-0.25, -0.2) is 18.4 Å². The van der Waals surface area contributed by atoms with Crippen molar-refractivity contribution in [2.75, 3.05) is 30.4 Å². The molecule has 0 aliphatic carbocycles. The number of rotatable bonds is 7. The number of nitrogens with zero attached hydrogens (tertiary/aromatic N) is 2. The van der Waals surface area contributed by atoms with E-state index < -0.39 is 10.0 Å². The summed E-state index contributed by atoms with van der Waals surface area (Å²) in [4.78, 5) is 19.2. The second kappa shape index (κ2) is 8.43. The number of carbonyl (C=O) groups excluding carboxylic acids is 1. The molecule has 1 aromatic heterocycles. The molecule has 0 unspecified atom stereocenters. The second-order valence-electron chi connectivity index (χ2n) is 4.79. The number of methoxy groups -OCH3 is 1. The van der Waals surface area contributed by atoms with Crippen LogP contribution in [0, 0.1) is 0 Å². The average Bonchev–Trinajstić information content (AvgIpc) is 2.62. The van der Waals surface area contributed by atoms with Crippen LogP contribution in [0.4, 0.5) is 11.5 Å². The van der Waals surface area contributed by atoms with E-state index in [1.807, 2.05) is 0 Å². The van der Waals surface area contributed by atoms with Gasteiger partial charge in [-0.1, -0.05) is 29.4 Å². The van der Waals surface area contributed by atoms with E-state index in [0.717, 1.165) is 11.8 Å². The Labute approximate surface area is 159 Å². The molecule has 0 saturated carbocycles. The Morgan fingerprint density at radius 3 is 2.81 bits per heavy atom. The lowest BCUT2D eigenvalue weighted by atomic mass is 10.3. The quantitative estimate of drug-likeness (QED) is 0.453. The molecule has 0 saturated heterocycles. The molecule has 26 heavy (non-hydrogen) atoms. The number of aromatic nitrogens is 2. The molecule has 4 N–H and O–H groups in total. The monoisotopic (exact) mass is 417 g/mol. The SMILES string of the molecule is CNC(=O)CSc1cnc(NS(=O)(=O)c2cccc(N)c2Cl)c(OC)n1. The number of benzene rings is 1. The van der Waals surface area contributed by atoms with Gasteiger partial charge < -0.3 is 15.8 Å². The van der Waals surface area contributed by atoms with Gasteiger partial charge in [0.05, 0.1) is 29.8 Å². The van der Waals surface area contributed by atoms with Gasteiger partial charge in [0, 0.05) is 7.05 Å². The van der Waals surface area contributed by atoms with E-state index >= 15 is 0 Å². The smallest absolute Gasteiger partial charge is 0.264 e. The maximum atomic E-state index is 12.5. The first-order valence-electron chi connectivity index (χ1n) is 7.09. The molecule has 0 radical (unpaired) electrons. The molecule has 0 aliphatic rings. The summed E-state index contributed by atoms with van der Waals surface area (Å²) in [5, 5.41) is 2.79. The lowest BCUT2D eigenvalue weighted by Gasteiger charge is -2.12. The van der Waals surface area contributed by atoms with Gasteiger partial charge in [0.15, 0.2) is 0 Å². The fourth-order valence-electron chi connectivity index (χ4n) is 1.77. The van der Waals surface area contributed by atoms with Gasteiger partial charge in [-0.3, -0.25) is 9.52 Å². The molecule has 2 aromatic rings. The predicted molar refractivity (Wildman–Crippen MR) is 100 cm³/mol. The third-order valence-electron chi connectivity index (χ3n) is 3.06. The summed E-state index contributed by atoms with van der Waals surface area (Å²) in [5.74, 6) is -0.208. The van der Waals surface area contributed by atoms with E-state index in [-0.39, 0.29) is 39.0 Å². The average molecular weight is 418 g/mol. The summed E-state index contributed by atoms with van der Waals surface area (Å²) >= 11 is 7.10. The lowest BCUT2D eigenvalue weighted by Crippen LogP contribution is -2.20. The van der Waals surface area contributed by atoms with E-state index in [9.17, 15) is 13.2 Å². The van der Waals surface area contributed by atoms with Gasteiger partial charge in [-0.15, -0.1) is 0 Å². The molecule has 2 rings (SSSR count). The molecule has 0 fully saturated rings. The highest BCUT2D eigenvalue weighted by atomic mass is 35.5. The van der Waals surface area contributed by atoms with E-state index in [1.165, 1.54) is 38.6 Å². The molecule has 140 valence electrons. The van der Waals surface area contributed by atoms with Crippen LogP contribution in [0.1, 0.15) is 0 Å². The Morgan fingerprint density at radius 2 is 2.15 bits per heavy atom. The van der Waals surface area contributed by atoms with Crippen molar-refractivity contribution in [2.45, 2.75) is 9.92 Å². The van der Waals surface area contributed by atoms with Crippen molar-refractivity contribution in [3.8, 4) is 5.88 Å². The van der Waals surface area contributed by atoms with Crippen LogP contribution in [-0.2, 0) is 14.8 Å². The van der Waals surface area contributed by atoms with Gasteiger partial charge >= 0.3 is 0 Å². The van der Waals surface area contributed by atoms with Crippen molar-refractivity contribution in [3.05, 3.63) is 29.4 Å². The standard InChI is InChI=1S/C14H16ClN5O4S2/c1-17-10(21)7-25-11-6-18-13(14(19-11)24-2)20-26(22,23)9-5-3-4-8(16)12(9)15/h3-6H,7,16H2,1-2H3,(H,17,21)(H,18,20). The van der Waals surface area contributed by atoms with Crippen molar-refractivity contribution in [2.24, 2.45) is 0 Å². The number of nitrogen functional groups attached to an aromatic ring is 1. The van der Waals surface area contributed by atoms with Crippen molar-refractivity contribution in [3.63, 3.8) is 0 Å². The van der Waals surface area contributed by atoms with Crippen molar-refractivity contribution >= 4 is 50.8 Å². The first-order chi connectivity index (χ1) is 12.3. The summed E-state index contributed by atoms with van der Waals surface area (Å²) in [6.45, 7) is 0. The van der Waals surface area contributed by atoms with Crippen molar-refractivity contribution < 1.29 is 17.9 Å². The fraction of sp³-hybridized carbons (Fsp3) is 0.214. The summed E-state index contributed by atoms with van der Waals surface area (Å²) in [6.07, 6.45) is 1.33. The van der Waals surface area contributed by atoms with Gasteiger partial charge in [0.2, 0.25) is 11.7 Å². The zero-order chi connectivity index (χ0) is 19.3. The summed E-state index contributed by atoms with van der Waals surface area (Å²) in [5.41, 5.74) is 5.78. The molecule has 0 bridgehead atoms. The second-order valence-corrected chi connectivity index (χ2v) is 7.82. The molecular formula is C14H16ClN5O4S2. The van der Waals surface area contributed by atoms with E-state index in [4.69, 9.17) is 22.1 Å². The number of amides is 1. The zero-order valence-corrected chi connectivity index (χ0v) is 16.2. The number of anilines is 2. The minimum absolute atomic E-state index is 0.0458. The molecule has 12 heteroatoms. The number of nitrogens with one attached hydrogen (secondary N) is 2. The topological polar surface area (TPSA) is 136 Å². The summed E-state index contributed by atoms with van der Waals surface area (Å²) in [7, 11) is -1.21. The Kier molecular flexibility index (Phi) is 6.51. The molecule has 0 aliphatic heterocycles. The number of nitrogens with two attached hydrogens (primary N) is 1. The highest BCUT2D eigenvalue weighted by Gasteiger charge is 2.22. The van der Waals surface area contributed by atoms with Crippen LogP contribution in [0.5, 0.6) is 5.88 Å². The highest BCUT2D eigenvalue weighted by molar-refractivity contribution is 7.99. The van der Waals surface area contributed by atoms with Gasteiger partial charge in [-0.2, -0.15) is 0 Å². The van der Waals surface area contributed by atoms with Crippen molar-refractivity contribution in [1.82, 2.24) is 15.3 Å². The number of hydrogen-bond acceptors (Lipinski definition) is 8. The number of carbonyl (C=O) groups is 1. The molecule has 0 atom stereocenters. The normalized spacial score (nSPS) is 11.0. The lowest BCUT2D eigenvalue weighted by molar-refractivity contribution is -0.118. The number of ether oxygens (including phenoxy) is 1. The van der Waals surface area contributed by atoms with Crippen LogP contribution < -0.4 is 20.5 Å². The molecule has 1 amide bonds. The summed E-state index contributed by atoms with van der Waals surface area (Å²) in [6, 6.07) is 4.27. The van der Waals surface area contributed by atoms with Crippen LogP contribution in [-0.4, -0.2) is 44.2 Å². The zero-order valence-electron chi connectivity index (χ0n) is 13.8. The van der Waals surface area contributed by atoms with Crippen LogP contribution in [0.3, 0.4) is 0 Å². The number of halogens is 1. The van der Waals surface area contributed by atoms with E-state index in [1.54, 1.807) is 0 Å². The molecule has 0 spiro atoms. The number of sulfonamides is 1. The van der Waals surface area contributed by atoms with Crippen LogP contribution >= 0.6 is 23.4 Å². The Hall–Kier alpha value is -2.24. The minimum atomic E-state index is -4.06. The molecule has 1 heterocycles. The molecule has 1 aromatic carbocycles. The van der Waals surface area contributed by atoms with Gasteiger partial charge in [-0.05, 0) is 12.1 Å². The largest absolute Gasteiger partial charge is 0.478 e. The Morgan fingerprint density at radius 1 is 1.42 bits per heavy atom. The molecule has 9 nitrogen and oxygen atoms in total. The maximum absolute atomic E-state index is 12.5. The van der Waals surface area contributed by atoms with Crippen molar-refractivity contribution in [1.29, 1.82) is 0 Å². The van der Waals surface area contributed by atoms with Crippen LogP contribution in [0.2, 0.25) is 5.02 Å². The Balaban J connectivity index is 2.28. The predicted octanol–water partition coefficient (Wildman–Crippen LogP) is 1.36. The fourth-order valence-corrected chi connectivity index (χ4v) is 4.01. The minimum Gasteiger partial charge on any atom is -0.478 e. The highest BCUT2D eigenvalue weighted by Crippen LogP contribution is 2.30. The van der Waals surface area contributed by atoms with Crippen LogP contribution in [0.25, 0.3) is 0 Å².